The van der Waals surface area contributed by atoms with Gasteiger partial charge in [-0.15, -0.1) is 0 Å². The summed E-state index contributed by atoms with van der Waals surface area (Å²) in [5.74, 6) is 1.37. The molecule has 0 amide bonds. The monoisotopic (exact) mass is 413 g/mol. The van der Waals surface area contributed by atoms with Crippen molar-refractivity contribution in [1.82, 2.24) is 20.4 Å². The Morgan fingerprint density at radius 3 is 2.83 bits per heavy atom. The highest BCUT2D eigenvalue weighted by molar-refractivity contribution is 5.79. The van der Waals surface area contributed by atoms with Crippen molar-refractivity contribution in [1.29, 1.82) is 0 Å². The van der Waals surface area contributed by atoms with Crippen molar-refractivity contribution in [3.05, 3.63) is 52.8 Å². The van der Waals surface area contributed by atoms with Crippen LogP contribution < -0.4 is 10.6 Å². The number of hydrogen-bond donors (Lipinski definition) is 2. The van der Waals surface area contributed by atoms with Crippen LogP contribution in [0.4, 0.5) is 0 Å². The molecule has 1 fully saturated rings. The smallest absolute Gasteiger partial charge is 0.191 e. The van der Waals surface area contributed by atoms with E-state index >= 15 is 0 Å². The maximum absolute atomic E-state index is 5.75. The standard InChI is InChI=1S/C23H35N5O2/c1-18-22(19(2)28(27-18)15-20-8-5-4-6-9-20)14-26-23(24-3)25-11-7-12-29-16-21-10-13-30-17-21/h4-6,8-9,21H,7,10-17H2,1-3H3,(H2,24,25,26). The van der Waals surface area contributed by atoms with E-state index in [0.29, 0.717) is 12.5 Å². The summed E-state index contributed by atoms with van der Waals surface area (Å²) in [6.45, 7) is 9.78. The van der Waals surface area contributed by atoms with E-state index in [1.54, 1.807) is 7.05 Å². The van der Waals surface area contributed by atoms with Gasteiger partial charge < -0.3 is 20.1 Å². The zero-order chi connectivity index (χ0) is 21.2. The molecule has 1 saturated heterocycles. The summed E-state index contributed by atoms with van der Waals surface area (Å²) in [5, 5.41) is 11.5. The molecule has 1 aromatic carbocycles. The van der Waals surface area contributed by atoms with Crippen molar-refractivity contribution in [2.24, 2.45) is 10.9 Å². The highest BCUT2D eigenvalue weighted by Gasteiger charge is 2.15. The molecule has 1 atom stereocenters. The molecule has 164 valence electrons. The Morgan fingerprint density at radius 2 is 2.10 bits per heavy atom. The SMILES string of the molecule is CN=C(NCCCOCC1CCOC1)NCc1c(C)nn(Cc2ccccc2)c1C. The van der Waals surface area contributed by atoms with Crippen LogP contribution in [-0.2, 0) is 22.6 Å². The van der Waals surface area contributed by atoms with E-state index in [1.807, 2.05) is 6.07 Å². The molecule has 2 aromatic rings. The van der Waals surface area contributed by atoms with Crippen molar-refractivity contribution in [3.8, 4) is 0 Å². The second kappa shape index (κ2) is 11.7. The number of hydrogen-bond acceptors (Lipinski definition) is 4. The third-order valence-corrected chi connectivity index (χ3v) is 5.50. The molecule has 0 aliphatic carbocycles. The first-order chi connectivity index (χ1) is 14.7. The average Bonchev–Trinajstić information content (AvgIpc) is 3.36. The molecule has 30 heavy (non-hydrogen) atoms. The molecule has 2 heterocycles. The Morgan fingerprint density at radius 1 is 1.27 bits per heavy atom. The van der Waals surface area contributed by atoms with Gasteiger partial charge in [0.2, 0.25) is 0 Å². The molecule has 0 radical (unpaired) electrons. The minimum atomic E-state index is 0.571. The van der Waals surface area contributed by atoms with Crippen LogP contribution in [0.3, 0.4) is 0 Å². The van der Waals surface area contributed by atoms with Gasteiger partial charge in [-0.1, -0.05) is 30.3 Å². The first kappa shape index (κ1) is 22.3. The van der Waals surface area contributed by atoms with Crippen molar-refractivity contribution in [2.75, 3.05) is 40.0 Å². The lowest BCUT2D eigenvalue weighted by Crippen LogP contribution is -2.37. The van der Waals surface area contributed by atoms with E-state index in [4.69, 9.17) is 14.6 Å². The molecule has 0 bridgehead atoms. The molecule has 2 N–H and O–H groups in total. The van der Waals surface area contributed by atoms with E-state index in [1.165, 1.54) is 16.8 Å². The first-order valence-electron chi connectivity index (χ1n) is 10.8. The number of aryl methyl sites for hydroxylation is 1. The van der Waals surface area contributed by atoms with Crippen LogP contribution in [0.2, 0.25) is 0 Å². The van der Waals surface area contributed by atoms with Crippen LogP contribution in [0.25, 0.3) is 0 Å². The Balaban J connectivity index is 1.40. The van der Waals surface area contributed by atoms with Gasteiger partial charge in [0.1, 0.15) is 0 Å². The summed E-state index contributed by atoms with van der Waals surface area (Å²) in [5.41, 5.74) is 4.71. The number of benzene rings is 1. The maximum atomic E-state index is 5.75. The number of guanidine groups is 1. The maximum Gasteiger partial charge on any atom is 0.191 e. The third kappa shape index (κ3) is 6.57. The Kier molecular flexibility index (Phi) is 8.71. The number of aliphatic imine (C=N–C) groups is 1. The summed E-state index contributed by atoms with van der Waals surface area (Å²) in [6, 6.07) is 10.4. The first-order valence-corrected chi connectivity index (χ1v) is 10.8. The summed E-state index contributed by atoms with van der Waals surface area (Å²) in [6.07, 6.45) is 2.07. The molecule has 1 aromatic heterocycles. The molecule has 7 nitrogen and oxygen atoms in total. The molecule has 1 aliphatic rings. The molecular formula is C23H35N5O2. The molecule has 7 heteroatoms. The predicted molar refractivity (Wildman–Crippen MR) is 120 cm³/mol. The highest BCUT2D eigenvalue weighted by atomic mass is 16.5. The number of rotatable bonds is 10. The van der Waals surface area contributed by atoms with Gasteiger partial charge in [0.05, 0.1) is 25.5 Å². The zero-order valence-corrected chi connectivity index (χ0v) is 18.5. The van der Waals surface area contributed by atoms with Gasteiger partial charge in [0, 0.05) is 50.5 Å². The number of ether oxygens (including phenoxy) is 2. The van der Waals surface area contributed by atoms with Crippen molar-refractivity contribution >= 4 is 5.96 Å². The number of nitrogens with zero attached hydrogens (tertiary/aromatic N) is 3. The van der Waals surface area contributed by atoms with Crippen LogP contribution in [-0.4, -0.2) is 55.8 Å². The van der Waals surface area contributed by atoms with Gasteiger partial charge in [-0.05, 0) is 32.3 Å². The molecule has 1 aliphatic heterocycles. The Hall–Kier alpha value is -2.38. The van der Waals surface area contributed by atoms with Gasteiger partial charge in [-0.3, -0.25) is 9.67 Å². The topological polar surface area (TPSA) is 72.7 Å². The fraction of sp³-hybridized carbons (Fsp3) is 0.565. The van der Waals surface area contributed by atoms with Gasteiger partial charge in [0.15, 0.2) is 5.96 Å². The van der Waals surface area contributed by atoms with E-state index in [9.17, 15) is 0 Å². The molecule has 0 saturated carbocycles. The van der Waals surface area contributed by atoms with Crippen LogP contribution in [0.15, 0.2) is 35.3 Å². The number of nitrogens with one attached hydrogen (secondary N) is 2. The number of aromatic nitrogens is 2. The van der Waals surface area contributed by atoms with Crippen LogP contribution in [0, 0.1) is 19.8 Å². The van der Waals surface area contributed by atoms with Crippen molar-refractivity contribution in [2.45, 2.75) is 39.8 Å². The fourth-order valence-corrected chi connectivity index (χ4v) is 3.64. The Bertz CT molecular complexity index is 797. The summed E-state index contributed by atoms with van der Waals surface area (Å²) in [7, 11) is 1.80. The average molecular weight is 414 g/mol. The fourth-order valence-electron chi connectivity index (χ4n) is 3.64. The van der Waals surface area contributed by atoms with E-state index in [0.717, 1.165) is 64.0 Å². The lowest BCUT2D eigenvalue weighted by atomic mass is 10.1. The van der Waals surface area contributed by atoms with Gasteiger partial charge >= 0.3 is 0 Å². The normalized spacial score (nSPS) is 16.8. The highest BCUT2D eigenvalue weighted by Crippen LogP contribution is 2.15. The molecule has 1 unspecified atom stereocenters. The largest absolute Gasteiger partial charge is 0.381 e. The third-order valence-electron chi connectivity index (χ3n) is 5.50. The zero-order valence-electron chi connectivity index (χ0n) is 18.5. The minimum absolute atomic E-state index is 0.571. The van der Waals surface area contributed by atoms with Crippen molar-refractivity contribution in [3.63, 3.8) is 0 Å². The molecular weight excluding hydrogens is 378 g/mol. The Labute approximate surface area is 179 Å². The lowest BCUT2D eigenvalue weighted by Gasteiger charge is -2.13. The van der Waals surface area contributed by atoms with Gasteiger partial charge in [0.25, 0.3) is 0 Å². The van der Waals surface area contributed by atoms with E-state index in [-0.39, 0.29) is 0 Å². The van der Waals surface area contributed by atoms with Gasteiger partial charge in [-0.2, -0.15) is 5.10 Å². The second-order valence-electron chi connectivity index (χ2n) is 7.80. The van der Waals surface area contributed by atoms with Crippen LogP contribution >= 0.6 is 0 Å². The van der Waals surface area contributed by atoms with Crippen molar-refractivity contribution < 1.29 is 9.47 Å². The lowest BCUT2D eigenvalue weighted by molar-refractivity contribution is 0.0888. The molecule has 0 spiro atoms. The van der Waals surface area contributed by atoms with E-state index < -0.39 is 0 Å². The quantitative estimate of drug-likeness (QED) is 0.356. The summed E-state index contributed by atoms with van der Waals surface area (Å²) in [4.78, 5) is 4.33. The van der Waals surface area contributed by atoms with E-state index in [2.05, 4.69) is 58.4 Å². The minimum Gasteiger partial charge on any atom is -0.381 e. The van der Waals surface area contributed by atoms with Crippen LogP contribution in [0.5, 0.6) is 0 Å². The van der Waals surface area contributed by atoms with Gasteiger partial charge in [-0.25, -0.2) is 0 Å². The summed E-state index contributed by atoms with van der Waals surface area (Å²) < 4.78 is 13.2. The second-order valence-corrected chi connectivity index (χ2v) is 7.80. The predicted octanol–water partition coefficient (Wildman–Crippen LogP) is 2.66. The summed E-state index contributed by atoms with van der Waals surface area (Å²) >= 11 is 0. The van der Waals surface area contributed by atoms with Crippen LogP contribution in [0.1, 0.15) is 35.4 Å². The molecule has 3 rings (SSSR count).